The Labute approximate surface area is 355 Å². The normalized spacial score (nSPS) is 12.5. The van der Waals surface area contributed by atoms with Gasteiger partial charge in [0.25, 0.3) is 11.8 Å². The SMILES string of the molecule is Cc1ccccc1C(=O)NCC(=O)N[C@@H](Cc1ccc(OCC(=O)N[C@@H](Cc2ccccc2)C(=O)NCCCC[C@H](NC(=O)N[C@@H](CCC(=O)O)C(=O)O)C(=O)O)cc1)C(=O)O. The number of aryl methyl sites for hydroxylation is 1. The van der Waals surface area contributed by atoms with Crippen molar-refractivity contribution in [3.63, 3.8) is 0 Å². The van der Waals surface area contributed by atoms with Gasteiger partial charge in [-0.25, -0.2) is 19.2 Å². The van der Waals surface area contributed by atoms with E-state index in [2.05, 4.69) is 31.9 Å². The van der Waals surface area contributed by atoms with Crippen molar-refractivity contribution in [1.29, 1.82) is 0 Å². The quantitative estimate of drug-likeness (QED) is 0.0504. The van der Waals surface area contributed by atoms with Gasteiger partial charge in [0.2, 0.25) is 11.8 Å². The molecule has 6 amide bonds. The van der Waals surface area contributed by atoms with Crippen molar-refractivity contribution in [2.24, 2.45) is 0 Å². The first-order valence-electron chi connectivity index (χ1n) is 19.5. The monoisotopic (exact) mass is 862 g/mol. The molecule has 4 atom stereocenters. The largest absolute Gasteiger partial charge is 0.484 e. The van der Waals surface area contributed by atoms with E-state index in [1.165, 1.54) is 12.1 Å². The summed E-state index contributed by atoms with van der Waals surface area (Å²) in [5.41, 5.74) is 2.37. The van der Waals surface area contributed by atoms with Gasteiger partial charge in [0, 0.05) is 31.4 Å². The molecule has 0 saturated carbocycles. The van der Waals surface area contributed by atoms with Crippen LogP contribution in [0.2, 0.25) is 0 Å². The van der Waals surface area contributed by atoms with Crippen molar-refractivity contribution in [3.05, 3.63) is 101 Å². The fourth-order valence-electron chi connectivity index (χ4n) is 5.88. The third kappa shape index (κ3) is 17.8. The highest BCUT2D eigenvalue weighted by molar-refractivity contribution is 5.98. The summed E-state index contributed by atoms with van der Waals surface area (Å²) in [5.74, 6) is -7.51. The van der Waals surface area contributed by atoms with Crippen molar-refractivity contribution in [2.45, 2.75) is 76.0 Å². The lowest BCUT2D eigenvalue weighted by Crippen LogP contribution is -2.51. The Morgan fingerprint density at radius 1 is 0.581 bits per heavy atom. The smallest absolute Gasteiger partial charge is 0.326 e. The number of rotatable bonds is 26. The predicted octanol–water partition coefficient (Wildman–Crippen LogP) is 1.00. The van der Waals surface area contributed by atoms with Crippen LogP contribution in [0.3, 0.4) is 0 Å². The molecule has 0 aliphatic rings. The highest BCUT2D eigenvalue weighted by atomic mass is 16.5. The summed E-state index contributed by atoms with van der Waals surface area (Å²) in [4.78, 5) is 109. The predicted molar refractivity (Wildman–Crippen MR) is 219 cm³/mol. The molecular weight excluding hydrogens is 812 g/mol. The Hall–Kier alpha value is -7.51. The molecule has 0 fully saturated rings. The fraction of sp³-hybridized carbons (Fsp3) is 0.357. The van der Waals surface area contributed by atoms with Crippen LogP contribution >= 0.6 is 0 Å². The van der Waals surface area contributed by atoms with E-state index in [-0.39, 0.29) is 44.4 Å². The summed E-state index contributed by atoms with van der Waals surface area (Å²) in [6, 6.07) is 15.4. The average Bonchev–Trinajstić information content (AvgIpc) is 3.23. The van der Waals surface area contributed by atoms with E-state index in [1.807, 2.05) is 0 Å². The van der Waals surface area contributed by atoms with Crippen molar-refractivity contribution in [3.8, 4) is 5.75 Å². The summed E-state index contributed by atoms with van der Waals surface area (Å²) in [5, 5.41) is 51.7. The third-order valence-corrected chi connectivity index (χ3v) is 9.17. The van der Waals surface area contributed by atoms with Gasteiger partial charge in [-0.15, -0.1) is 0 Å². The summed E-state index contributed by atoms with van der Waals surface area (Å²) in [7, 11) is 0. The van der Waals surface area contributed by atoms with Gasteiger partial charge in [0.15, 0.2) is 6.61 Å². The number of carbonyl (C=O) groups is 9. The molecule has 3 aromatic carbocycles. The number of hydrogen-bond acceptors (Lipinski definition) is 10. The number of urea groups is 1. The molecule has 0 saturated heterocycles. The first kappa shape index (κ1) is 48.9. The number of benzene rings is 3. The number of hydrogen-bond donors (Lipinski definition) is 10. The number of amides is 6. The van der Waals surface area contributed by atoms with Gasteiger partial charge in [-0.05, 0) is 67.5 Å². The number of carboxylic acids is 4. The molecule has 0 bridgehead atoms. The minimum Gasteiger partial charge on any atom is -0.484 e. The van der Waals surface area contributed by atoms with Crippen molar-refractivity contribution in [2.75, 3.05) is 19.7 Å². The van der Waals surface area contributed by atoms with Crippen molar-refractivity contribution in [1.82, 2.24) is 31.9 Å². The van der Waals surface area contributed by atoms with E-state index in [0.29, 0.717) is 16.7 Å². The Balaban J connectivity index is 1.48. The molecule has 0 radical (unpaired) electrons. The van der Waals surface area contributed by atoms with Crippen LogP contribution in [0.1, 0.15) is 59.2 Å². The number of unbranched alkanes of at least 4 members (excludes halogenated alkanes) is 1. The molecule has 0 aliphatic carbocycles. The molecule has 3 aromatic rings. The van der Waals surface area contributed by atoms with Gasteiger partial charge >= 0.3 is 29.9 Å². The number of carboxylic acid groups (broad SMARTS) is 4. The number of ether oxygens (including phenoxy) is 1. The molecule has 10 N–H and O–H groups in total. The van der Waals surface area contributed by atoms with E-state index >= 15 is 0 Å². The molecular formula is C42H50N6O14. The van der Waals surface area contributed by atoms with Crippen molar-refractivity contribution >= 4 is 53.5 Å². The third-order valence-electron chi connectivity index (χ3n) is 9.17. The molecule has 0 heterocycles. The number of aliphatic carboxylic acids is 4. The highest BCUT2D eigenvalue weighted by Crippen LogP contribution is 2.14. The maximum absolute atomic E-state index is 13.2. The lowest BCUT2D eigenvalue weighted by atomic mass is 10.0. The standard InChI is InChI=1S/C42H50N6O14/c1-25-9-5-6-12-29(25)37(53)44-23-34(49)46-33(41(59)60)22-27-14-16-28(17-15-27)62-24-35(50)45-32(21-26-10-3-2-4-11-26)38(54)43-20-8-7-13-30(39(55)56)47-42(61)48-31(40(57)58)18-19-36(51)52/h2-6,9-12,14-17,30-33H,7-8,13,18-24H2,1H3,(H,43,54)(H,44,53)(H,45,50)(H,46,49)(H,51,52)(H,55,56)(H,57,58)(H,59,60)(H2,47,48,61)/t30-,31-,32-,33-/m0/s1. The molecule has 0 unspecified atom stereocenters. The summed E-state index contributed by atoms with van der Waals surface area (Å²) < 4.78 is 5.60. The Kier molecular flexibility index (Phi) is 19.8. The van der Waals surface area contributed by atoms with E-state index in [0.717, 1.165) is 5.56 Å². The van der Waals surface area contributed by atoms with Crippen LogP contribution < -0.4 is 36.6 Å². The second kappa shape index (κ2) is 25.2. The first-order valence-corrected chi connectivity index (χ1v) is 19.5. The molecule has 3 rings (SSSR count). The molecule has 62 heavy (non-hydrogen) atoms. The van der Waals surface area contributed by atoms with E-state index < -0.39 is 104 Å². The van der Waals surface area contributed by atoms with Crippen LogP contribution in [-0.4, -0.2) is 118 Å². The minimum absolute atomic E-state index is 0.0780. The zero-order valence-electron chi connectivity index (χ0n) is 33.8. The van der Waals surface area contributed by atoms with Gasteiger partial charge in [0.05, 0.1) is 6.54 Å². The highest BCUT2D eigenvalue weighted by Gasteiger charge is 2.26. The van der Waals surface area contributed by atoms with E-state index in [4.69, 9.17) is 9.84 Å². The zero-order chi connectivity index (χ0) is 45.6. The van der Waals surface area contributed by atoms with Gasteiger partial charge in [-0.1, -0.05) is 60.7 Å². The Morgan fingerprint density at radius 2 is 1.15 bits per heavy atom. The van der Waals surface area contributed by atoms with Gasteiger partial charge < -0.3 is 57.1 Å². The molecule has 0 aromatic heterocycles. The lowest BCUT2D eigenvalue weighted by molar-refractivity contribution is -0.142. The average molecular weight is 863 g/mol. The van der Waals surface area contributed by atoms with Crippen LogP contribution in [0.4, 0.5) is 4.79 Å². The molecule has 332 valence electrons. The van der Waals surface area contributed by atoms with E-state index in [9.17, 15) is 58.5 Å². The number of nitrogens with one attached hydrogen (secondary N) is 6. The summed E-state index contributed by atoms with van der Waals surface area (Å²) in [6.45, 7) is 0.909. The molecule has 20 nitrogen and oxygen atoms in total. The van der Waals surface area contributed by atoms with Gasteiger partial charge in [-0.3, -0.25) is 24.0 Å². The van der Waals surface area contributed by atoms with Crippen LogP contribution in [0, 0.1) is 6.92 Å². The molecule has 0 spiro atoms. The van der Waals surface area contributed by atoms with Gasteiger partial charge in [0.1, 0.15) is 29.9 Å². The summed E-state index contributed by atoms with van der Waals surface area (Å²) >= 11 is 0. The molecule has 0 aliphatic heterocycles. The van der Waals surface area contributed by atoms with Crippen LogP contribution in [-0.2, 0) is 46.4 Å². The zero-order valence-corrected chi connectivity index (χ0v) is 33.8. The second-order valence-corrected chi connectivity index (χ2v) is 14.0. The Morgan fingerprint density at radius 3 is 1.76 bits per heavy atom. The van der Waals surface area contributed by atoms with Crippen LogP contribution in [0.15, 0.2) is 78.9 Å². The van der Waals surface area contributed by atoms with Crippen LogP contribution in [0.25, 0.3) is 0 Å². The maximum Gasteiger partial charge on any atom is 0.326 e. The fourth-order valence-corrected chi connectivity index (χ4v) is 5.88. The van der Waals surface area contributed by atoms with Gasteiger partial charge in [-0.2, -0.15) is 0 Å². The maximum atomic E-state index is 13.2. The van der Waals surface area contributed by atoms with Crippen LogP contribution in [0.5, 0.6) is 5.75 Å². The van der Waals surface area contributed by atoms with Crippen molar-refractivity contribution < 1.29 is 68.3 Å². The first-order chi connectivity index (χ1) is 29.5. The summed E-state index contributed by atoms with van der Waals surface area (Å²) in [6.07, 6.45) is -0.514. The Bertz CT molecular complexity index is 2050. The lowest BCUT2D eigenvalue weighted by Gasteiger charge is -2.20. The van der Waals surface area contributed by atoms with E-state index in [1.54, 1.807) is 73.7 Å². The number of carbonyl (C=O) groups excluding carboxylic acids is 5. The molecule has 20 heteroatoms. The minimum atomic E-state index is -1.55. The second-order valence-electron chi connectivity index (χ2n) is 14.0. The topological polar surface area (TPSA) is 316 Å².